The van der Waals surface area contributed by atoms with Gasteiger partial charge in [-0.25, -0.2) is 9.59 Å². The highest BCUT2D eigenvalue weighted by atomic mass is 16.7. The molecular formula is C30H40O8. The molecule has 38 heavy (non-hydrogen) atoms. The average Bonchev–Trinajstić information content (AvgIpc) is 2.93. The molecule has 2 aromatic rings. The lowest BCUT2D eigenvalue weighted by atomic mass is 9.98. The van der Waals surface area contributed by atoms with E-state index in [4.69, 9.17) is 28.4 Å². The molecule has 0 atom stereocenters. The van der Waals surface area contributed by atoms with Crippen molar-refractivity contribution in [3.8, 4) is 23.0 Å². The Morgan fingerprint density at radius 2 is 1.03 bits per heavy atom. The largest absolute Gasteiger partial charge is 0.514 e. The van der Waals surface area contributed by atoms with Gasteiger partial charge in [0.1, 0.15) is 12.2 Å². The Labute approximate surface area is 224 Å². The number of fused-ring (bicyclic) bond motifs is 1. The molecule has 0 aromatic heterocycles. The van der Waals surface area contributed by atoms with Gasteiger partial charge in [-0.05, 0) is 64.2 Å². The van der Waals surface area contributed by atoms with Crippen molar-refractivity contribution >= 4 is 23.1 Å². The van der Waals surface area contributed by atoms with Crippen molar-refractivity contribution in [2.45, 2.75) is 103 Å². The fraction of sp³-hybridized carbons (Fsp3) is 0.600. The Kier molecular flexibility index (Phi) is 10.4. The lowest BCUT2D eigenvalue weighted by Gasteiger charge is -2.24. The maximum atomic E-state index is 12.9. The third-order valence-corrected chi connectivity index (χ3v) is 6.94. The first-order chi connectivity index (χ1) is 18.6. The normalized spacial score (nSPS) is 16.6. The highest BCUT2D eigenvalue weighted by Gasteiger charge is 2.30. The van der Waals surface area contributed by atoms with Crippen molar-refractivity contribution in [3.63, 3.8) is 0 Å². The van der Waals surface area contributed by atoms with E-state index in [9.17, 15) is 9.59 Å². The van der Waals surface area contributed by atoms with E-state index in [1.54, 1.807) is 12.1 Å². The molecule has 208 valence electrons. The molecule has 0 spiro atoms. The number of hydrogen-bond donors (Lipinski definition) is 0. The van der Waals surface area contributed by atoms with E-state index >= 15 is 0 Å². The van der Waals surface area contributed by atoms with Crippen LogP contribution in [0.2, 0.25) is 0 Å². The average molecular weight is 529 g/mol. The molecule has 0 aliphatic heterocycles. The Bertz CT molecular complexity index is 985. The number of ether oxygens (including phenoxy) is 6. The molecule has 2 aliphatic rings. The van der Waals surface area contributed by atoms with Gasteiger partial charge >= 0.3 is 12.3 Å². The van der Waals surface area contributed by atoms with Crippen molar-refractivity contribution in [3.05, 3.63) is 24.3 Å². The maximum Gasteiger partial charge on any atom is 0.514 e. The highest BCUT2D eigenvalue weighted by molar-refractivity contribution is 6.00. The monoisotopic (exact) mass is 528 g/mol. The molecule has 8 nitrogen and oxygen atoms in total. The number of carbonyl (C=O) groups is 2. The van der Waals surface area contributed by atoms with Crippen molar-refractivity contribution in [1.82, 2.24) is 0 Å². The summed E-state index contributed by atoms with van der Waals surface area (Å²) in [6.07, 6.45) is 9.29. The lowest BCUT2D eigenvalue weighted by molar-refractivity contribution is 0.0391. The van der Waals surface area contributed by atoms with Crippen molar-refractivity contribution in [1.29, 1.82) is 0 Å². The zero-order chi connectivity index (χ0) is 26.7. The molecule has 0 amide bonds. The summed E-state index contributed by atoms with van der Waals surface area (Å²) in [5.74, 6) is 0.794. The number of hydrogen-bond acceptors (Lipinski definition) is 8. The highest BCUT2D eigenvalue weighted by Crippen LogP contribution is 2.52. The van der Waals surface area contributed by atoms with E-state index in [1.165, 1.54) is 0 Å². The minimum absolute atomic E-state index is 0.157. The van der Waals surface area contributed by atoms with Crippen LogP contribution in [0.25, 0.3) is 10.8 Å². The molecule has 2 fully saturated rings. The van der Waals surface area contributed by atoms with Gasteiger partial charge in [-0.2, -0.15) is 0 Å². The first-order valence-electron chi connectivity index (χ1n) is 14.2. The first kappa shape index (κ1) is 27.9. The van der Waals surface area contributed by atoms with E-state index in [0.717, 1.165) is 64.2 Å². The van der Waals surface area contributed by atoms with Crippen LogP contribution in [-0.2, 0) is 9.47 Å². The van der Waals surface area contributed by atoms with E-state index in [0.29, 0.717) is 36.8 Å². The summed E-state index contributed by atoms with van der Waals surface area (Å²) in [4.78, 5) is 25.8. The van der Waals surface area contributed by atoms with Crippen LogP contribution >= 0.6 is 0 Å². The van der Waals surface area contributed by atoms with Gasteiger partial charge in [-0.3, -0.25) is 0 Å². The summed E-state index contributed by atoms with van der Waals surface area (Å²) in [5.41, 5.74) is 0. The first-order valence-corrected chi connectivity index (χ1v) is 14.2. The van der Waals surface area contributed by atoms with Crippen molar-refractivity contribution in [2.24, 2.45) is 0 Å². The summed E-state index contributed by atoms with van der Waals surface area (Å²) >= 11 is 0. The van der Waals surface area contributed by atoms with Crippen LogP contribution in [-0.4, -0.2) is 37.7 Å². The molecule has 0 radical (unpaired) electrons. The summed E-state index contributed by atoms with van der Waals surface area (Å²) < 4.78 is 35.1. The summed E-state index contributed by atoms with van der Waals surface area (Å²) in [6.45, 7) is 4.65. The molecule has 2 aliphatic carbocycles. The standard InChI is InChI=1S/C30H40O8/c1-3-19-33-27-25(37-29(31)35-21-13-7-5-8-14-21)23-17-11-12-18-24(23)26(28(27)34-20-4-2)38-30(32)36-22-15-9-6-10-16-22/h11-12,17-18,21-22H,3-10,13-16,19-20H2,1-2H3. The molecule has 0 heterocycles. The quantitative estimate of drug-likeness (QED) is 0.226. The van der Waals surface area contributed by atoms with Gasteiger partial charge in [-0.15, -0.1) is 0 Å². The minimum Gasteiger partial charge on any atom is -0.486 e. The second-order valence-electron chi connectivity index (χ2n) is 10.0. The molecule has 8 heteroatoms. The van der Waals surface area contributed by atoms with Crippen LogP contribution in [0.4, 0.5) is 9.59 Å². The molecule has 2 saturated carbocycles. The molecule has 2 aromatic carbocycles. The number of carbonyl (C=O) groups excluding carboxylic acids is 2. The SMILES string of the molecule is CCCOc1c(OCCC)c(OC(=O)OC2CCCCC2)c2ccccc2c1OC(=O)OC1CCCCC1. The number of rotatable bonds is 10. The second kappa shape index (κ2) is 14.1. The van der Waals surface area contributed by atoms with E-state index in [1.807, 2.05) is 26.0 Å². The van der Waals surface area contributed by atoms with Gasteiger partial charge in [-0.1, -0.05) is 51.0 Å². The lowest BCUT2D eigenvalue weighted by Crippen LogP contribution is -2.24. The van der Waals surface area contributed by atoms with Crippen LogP contribution in [0.1, 0.15) is 90.9 Å². The van der Waals surface area contributed by atoms with Gasteiger partial charge in [0.2, 0.25) is 11.5 Å². The molecule has 0 saturated heterocycles. The zero-order valence-electron chi connectivity index (χ0n) is 22.6. The summed E-state index contributed by atoms with van der Waals surface area (Å²) in [5, 5.41) is 1.09. The Morgan fingerprint density at radius 3 is 1.39 bits per heavy atom. The van der Waals surface area contributed by atoms with Crippen molar-refractivity contribution in [2.75, 3.05) is 13.2 Å². The third-order valence-electron chi connectivity index (χ3n) is 6.94. The predicted octanol–water partition coefficient (Wildman–Crippen LogP) is 8.11. The molecule has 0 unspecified atom stereocenters. The zero-order valence-corrected chi connectivity index (χ0v) is 22.6. The smallest absolute Gasteiger partial charge is 0.486 e. The topological polar surface area (TPSA) is 89.5 Å². The molecule has 0 N–H and O–H groups in total. The van der Waals surface area contributed by atoms with E-state index < -0.39 is 12.3 Å². The molecular weight excluding hydrogens is 488 g/mol. The van der Waals surface area contributed by atoms with Crippen LogP contribution in [0, 0.1) is 0 Å². The Morgan fingerprint density at radius 1 is 0.632 bits per heavy atom. The van der Waals surface area contributed by atoms with Gasteiger partial charge in [0.15, 0.2) is 11.5 Å². The second-order valence-corrected chi connectivity index (χ2v) is 10.0. The van der Waals surface area contributed by atoms with Gasteiger partial charge in [0, 0.05) is 10.8 Å². The van der Waals surface area contributed by atoms with Gasteiger partial charge < -0.3 is 28.4 Å². The van der Waals surface area contributed by atoms with E-state index in [2.05, 4.69) is 0 Å². The fourth-order valence-corrected chi connectivity index (χ4v) is 5.06. The van der Waals surface area contributed by atoms with Crippen LogP contribution in [0.15, 0.2) is 24.3 Å². The van der Waals surface area contributed by atoms with Crippen LogP contribution < -0.4 is 18.9 Å². The van der Waals surface area contributed by atoms with E-state index in [-0.39, 0.29) is 35.2 Å². The van der Waals surface area contributed by atoms with Crippen LogP contribution in [0.3, 0.4) is 0 Å². The maximum absolute atomic E-state index is 12.9. The van der Waals surface area contributed by atoms with Gasteiger partial charge in [0.25, 0.3) is 0 Å². The van der Waals surface area contributed by atoms with Crippen molar-refractivity contribution < 1.29 is 38.0 Å². The minimum atomic E-state index is -0.782. The van der Waals surface area contributed by atoms with Gasteiger partial charge in [0.05, 0.1) is 13.2 Å². The Hall–Kier alpha value is -3.16. The predicted molar refractivity (Wildman–Crippen MR) is 143 cm³/mol. The fourth-order valence-electron chi connectivity index (χ4n) is 5.06. The third kappa shape index (κ3) is 7.23. The Balaban J connectivity index is 1.71. The summed E-state index contributed by atoms with van der Waals surface area (Å²) in [6, 6.07) is 7.23. The number of benzene rings is 2. The van der Waals surface area contributed by atoms with Crippen LogP contribution in [0.5, 0.6) is 23.0 Å². The summed E-state index contributed by atoms with van der Waals surface area (Å²) in [7, 11) is 0. The molecule has 4 rings (SSSR count). The molecule has 0 bridgehead atoms.